The Morgan fingerprint density at radius 3 is 2.76 bits per heavy atom. The normalized spacial score (nSPS) is 10.4. The molecule has 0 bridgehead atoms. The maximum atomic E-state index is 11.2. The highest BCUT2D eigenvalue weighted by atomic mass is 32.1. The third-order valence-electron chi connectivity index (χ3n) is 2.93. The van der Waals surface area contributed by atoms with Gasteiger partial charge in [-0.25, -0.2) is 9.78 Å². The number of thiazole rings is 1. The summed E-state index contributed by atoms with van der Waals surface area (Å²) in [5, 5.41) is 23.5. The van der Waals surface area contributed by atoms with Gasteiger partial charge in [-0.15, -0.1) is 11.3 Å². The Kier molecular flexibility index (Phi) is 4.18. The second-order valence-electron chi connectivity index (χ2n) is 4.26. The number of aromatic nitrogens is 1. The van der Waals surface area contributed by atoms with Gasteiger partial charge >= 0.3 is 5.97 Å². The second-order valence-corrected chi connectivity index (χ2v) is 5.47. The molecule has 0 unspecified atom stereocenters. The molecule has 1 aromatic heterocycles. The van der Waals surface area contributed by atoms with Crippen LogP contribution in [-0.4, -0.2) is 21.0 Å². The fourth-order valence-electron chi connectivity index (χ4n) is 1.92. The first-order valence-corrected chi connectivity index (χ1v) is 6.99. The number of benzene rings is 1. The topological polar surface area (TPSA) is 105 Å². The number of nitro groups is 1. The van der Waals surface area contributed by atoms with Crippen LogP contribution in [0.3, 0.4) is 0 Å². The molecule has 0 aliphatic rings. The van der Waals surface area contributed by atoms with Crippen molar-refractivity contribution in [3.8, 4) is 0 Å². The third-order valence-corrected chi connectivity index (χ3v) is 3.86. The summed E-state index contributed by atoms with van der Waals surface area (Å²) in [6, 6.07) is 3.92. The number of para-hydroxylation sites is 1. The molecule has 0 aliphatic carbocycles. The maximum absolute atomic E-state index is 11.2. The zero-order valence-corrected chi connectivity index (χ0v) is 12.2. The van der Waals surface area contributed by atoms with Crippen LogP contribution in [0, 0.1) is 17.0 Å². The minimum Gasteiger partial charge on any atom is -0.478 e. The number of nitrogens with zero attached hydrogens (tertiary/aromatic N) is 2. The summed E-state index contributed by atoms with van der Waals surface area (Å²) in [5.74, 6) is -1.23. The monoisotopic (exact) mass is 307 g/mol. The van der Waals surface area contributed by atoms with Crippen LogP contribution in [-0.2, 0) is 6.42 Å². The number of hydrogen-bond donors (Lipinski definition) is 2. The van der Waals surface area contributed by atoms with Gasteiger partial charge in [0.15, 0.2) is 5.13 Å². The quantitative estimate of drug-likeness (QED) is 0.648. The van der Waals surface area contributed by atoms with E-state index in [0.717, 1.165) is 17.0 Å². The zero-order chi connectivity index (χ0) is 15.6. The SMILES string of the molecule is CCc1nc(Nc2c(C(=O)O)cccc2[N+](=O)[O-])sc1C. The van der Waals surface area contributed by atoms with Crippen molar-refractivity contribution in [1.29, 1.82) is 0 Å². The van der Waals surface area contributed by atoms with Crippen molar-refractivity contribution >= 4 is 33.8 Å². The van der Waals surface area contributed by atoms with E-state index < -0.39 is 10.9 Å². The van der Waals surface area contributed by atoms with Crippen molar-refractivity contribution in [3.63, 3.8) is 0 Å². The molecule has 0 saturated heterocycles. The van der Waals surface area contributed by atoms with Gasteiger partial charge < -0.3 is 10.4 Å². The highest BCUT2D eigenvalue weighted by Gasteiger charge is 2.22. The summed E-state index contributed by atoms with van der Waals surface area (Å²) in [5.41, 5.74) is 0.389. The molecule has 7 nitrogen and oxygen atoms in total. The Morgan fingerprint density at radius 1 is 1.52 bits per heavy atom. The van der Waals surface area contributed by atoms with Crippen LogP contribution in [0.5, 0.6) is 0 Å². The molecule has 2 rings (SSSR count). The van der Waals surface area contributed by atoms with Gasteiger partial charge in [0.05, 0.1) is 16.2 Å². The van der Waals surface area contributed by atoms with E-state index >= 15 is 0 Å². The van der Waals surface area contributed by atoms with Crippen molar-refractivity contribution in [2.45, 2.75) is 20.3 Å². The zero-order valence-electron chi connectivity index (χ0n) is 11.4. The molecule has 0 fully saturated rings. The van der Waals surface area contributed by atoms with Crippen LogP contribution < -0.4 is 5.32 Å². The maximum Gasteiger partial charge on any atom is 0.338 e. The number of carbonyl (C=O) groups is 1. The molecule has 1 heterocycles. The average Bonchev–Trinajstić information content (AvgIpc) is 2.78. The largest absolute Gasteiger partial charge is 0.478 e. The molecule has 0 aliphatic heterocycles. The Bertz CT molecular complexity index is 679. The summed E-state index contributed by atoms with van der Waals surface area (Å²) in [6.07, 6.45) is 0.743. The van der Waals surface area contributed by atoms with Crippen molar-refractivity contribution < 1.29 is 14.8 Å². The summed E-state index contributed by atoms with van der Waals surface area (Å²) in [6.45, 7) is 3.86. The Labute approximate surface area is 124 Å². The fourth-order valence-corrected chi connectivity index (χ4v) is 2.83. The molecule has 110 valence electrons. The predicted molar refractivity (Wildman–Crippen MR) is 79.6 cm³/mol. The molecule has 21 heavy (non-hydrogen) atoms. The van der Waals surface area contributed by atoms with Gasteiger partial charge in [-0.1, -0.05) is 13.0 Å². The predicted octanol–water partition coefficient (Wildman–Crippen LogP) is 3.36. The lowest BCUT2D eigenvalue weighted by molar-refractivity contribution is -0.383. The van der Waals surface area contributed by atoms with E-state index in [2.05, 4.69) is 10.3 Å². The highest BCUT2D eigenvalue weighted by Crippen LogP contribution is 2.33. The second kappa shape index (κ2) is 5.88. The highest BCUT2D eigenvalue weighted by molar-refractivity contribution is 7.15. The van der Waals surface area contributed by atoms with E-state index in [4.69, 9.17) is 0 Å². The summed E-state index contributed by atoms with van der Waals surface area (Å²) < 4.78 is 0. The van der Waals surface area contributed by atoms with E-state index in [0.29, 0.717) is 5.13 Å². The Hall–Kier alpha value is -2.48. The molecule has 1 aromatic carbocycles. The van der Waals surface area contributed by atoms with E-state index in [1.54, 1.807) is 0 Å². The molecule has 8 heteroatoms. The van der Waals surface area contributed by atoms with Gasteiger partial charge in [0.25, 0.3) is 5.69 Å². The van der Waals surface area contributed by atoms with E-state index in [-0.39, 0.29) is 16.9 Å². The smallest absolute Gasteiger partial charge is 0.338 e. The lowest BCUT2D eigenvalue weighted by Crippen LogP contribution is -2.05. The number of aromatic carboxylic acids is 1. The first-order chi connectivity index (χ1) is 9.93. The van der Waals surface area contributed by atoms with Gasteiger partial charge in [0.2, 0.25) is 0 Å². The van der Waals surface area contributed by atoms with Crippen molar-refractivity contribution in [2.24, 2.45) is 0 Å². The lowest BCUT2D eigenvalue weighted by Gasteiger charge is -2.07. The van der Waals surface area contributed by atoms with Crippen LogP contribution >= 0.6 is 11.3 Å². The number of carboxylic acids is 1. The summed E-state index contributed by atoms with van der Waals surface area (Å²) in [4.78, 5) is 27.0. The van der Waals surface area contributed by atoms with Crippen molar-refractivity contribution in [2.75, 3.05) is 5.32 Å². The van der Waals surface area contributed by atoms with Gasteiger partial charge in [-0.3, -0.25) is 10.1 Å². The van der Waals surface area contributed by atoms with Crippen LogP contribution in [0.1, 0.15) is 27.9 Å². The van der Waals surface area contributed by atoms with Gasteiger partial charge in [0, 0.05) is 10.9 Å². The average molecular weight is 307 g/mol. The Balaban J connectivity index is 2.50. The molecule has 0 atom stereocenters. The summed E-state index contributed by atoms with van der Waals surface area (Å²) >= 11 is 1.34. The molecule has 2 N–H and O–H groups in total. The van der Waals surface area contributed by atoms with E-state index in [1.807, 2.05) is 13.8 Å². The van der Waals surface area contributed by atoms with Crippen molar-refractivity contribution in [1.82, 2.24) is 4.98 Å². The molecule has 0 spiro atoms. The number of aryl methyl sites for hydroxylation is 2. The summed E-state index contributed by atoms with van der Waals surface area (Å²) in [7, 11) is 0. The lowest BCUT2D eigenvalue weighted by atomic mass is 10.1. The molecular weight excluding hydrogens is 294 g/mol. The molecule has 0 amide bonds. The van der Waals surface area contributed by atoms with E-state index in [1.165, 1.54) is 29.5 Å². The first kappa shape index (κ1) is 14.9. The van der Waals surface area contributed by atoms with Crippen LogP contribution in [0.2, 0.25) is 0 Å². The van der Waals surface area contributed by atoms with Crippen LogP contribution in [0.15, 0.2) is 18.2 Å². The van der Waals surface area contributed by atoms with Crippen LogP contribution in [0.4, 0.5) is 16.5 Å². The number of carboxylic acid groups (broad SMARTS) is 1. The van der Waals surface area contributed by atoms with Crippen LogP contribution in [0.25, 0.3) is 0 Å². The molecular formula is C13H13N3O4S. The van der Waals surface area contributed by atoms with Crippen molar-refractivity contribution in [3.05, 3.63) is 44.4 Å². The minimum absolute atomic E-state index is 0.0496. The number of rotatable bonds is 5. The standard InChI is InChI=1S/C13H13N3O4S/c1-3-9-7(2)21-13(14-9)15-11-8(12(17)18)5-4-6-10(11)16(19)20/h4-6H,3H2,1-2H3,(H,14,15)(H,17,18). The minimum atomic E-state index is -1.23. The molecule has 0 saturated carbocycles. The van der Waals surface area contributed by atoms with Gasteiger partial charge in [-0.05, 0) is 19.4 Å². The number of nitro benzene ring substituents is 1. The molecule has 0 radical (unpaired) electrons. The molecule has 2 aromatic rings. The fraction of sp³-hybridized carbons (Fsp3) is 0.231. The number of nitrogens with one attached hydrogen (secondary N) is 1. The number of anilines is 2. The Morgan fingerprint density at radius 2 is 2.24 bits per heavy atom. The van der Waals surface area contributed by atoms with Gasteiger partial charge in [-0.2, -0.15) is 0 Å². The van der Waals surface area contributed by atoms with Gasteiger partial charge in [0.1, 0.15) is 5.69 Å². The first-order valence-electron chi connectivity index (χ1n) is 6.18. The van der Waals surface area contributed by atoms with E-state index in [9.17, 15) is 20.0 Å². The third kappa shape index (κ3) is 3.00. The number of hydrogen-bond acceptors (Lipinski definition) is 6.